The summed E-state index contributed by atoms with van der Waals surface area (Å²) in [5, 5.41) is 4.87. The van der Waals surface area contributed by atoms with Crippen molar-refractivity contribution in [1.29, 1.82) is 0 Å². The van der Waals surface area contributed by atoms with Crippen LogP contribution >= 0.6 is 0 Å². The lowest BCUT2D eigenvalue weighted by Crippen LogP contribution is -2.09. The van der Waals surface area contributed by atoms with Crippen LogP contribution in [-0.2, 0) is 0 Å². The van der Waals surface area contributed by atoms with Crippen molar-refractivity contribution in [3.05, 3.63) is 237 Å². The molecule has 0 heterocycles. The monoisotopic (exact) mass is 725 g/mol. The van der Waals surface area contributed by atoms with Gasteiger partial charge in [0, 0.05) is 17.1 Å². The molecule has 10 rings (SSSR count). The molecule has 0 aliphatic heterocycles. The Labute approximate surface area is 334 Å². The number of hydrogen-bond donors (Lipinski definition) is 0. The normalized spacial score (nSPS) is 11.2. The summed E-state index contributed by atoms with van der Waals surface area (Å²) in [6, 6.07) is 85.6. The van der Waals surface area contributed by atoms with E-state index in [2.05, 4.69) is 241 Å². The van der Waals surface area contributed by atoms with Gasteiger partial charge in [-0.3, -0.25) is 0 Å². The van der Waals surface area contributed by atoms with Crippen LogP contribution in [0.4, 0.5) is 17.1 Å². The van der Waals surface area contributed by atoms with Crippen LogP contribution < -0.4 is 4.90 Å². The van der Waals surface area contributed by atoms with E-state index in [1.54, 1.807) is 0 Å². The van der Waals surface area contributed by atoms with E-state index in [0.29, 0.717) is 0 Å². The zero-order valence-electron chi connectivity index (χ0n) is 31.5. The van der Waals surface area contributed by atoms with Crippen LogP contribution in [0.5, 0.6) is 0 Å². The average Bonchev–Trinajstić information content (AvgIpc) is 3.30. The molecular weight excluding hydrogens is 687 g/mol. The molecule has 0 spiro atoms. The van der Waals surface area contributed by atoms with Gasteiger partial charge in [-0.15, -0.1) is 0 Å². The Morgan fingerprint density at radius 2 is 0.667 bits per heavy atom. The molecule has 268 valence electrons. The molecule has 57 heavy (non-hydrogen) atoms. The highest BCUT2D eigenvalue weighted by atomic mass is 15.1. The first-order valence-corrected chi connectivity index (χ1v) is 19.6. The molecule has 1 heteroatoms. The van der Waals surface area contributed by atoms with E-state index in [4.69, 9.17) is 0 Å². The van der Waals surface area contributed by atoms with Crippen molar-refractivity contribution < 1.29 is 0 Å². The van der Waals surface area contributed by atoms with E-state index in [0.717, 1.165) is 17.1 Å². The van der Waals surface area contributed by atoms with Crippen molar-refractivity contribution in [3.63, 3.8) is 0 Å². The van der Waals surface area contributed by atoms with Gasteiger partial charge >= 0.3 is 0 Å². The fourth-order valence-corrected chi connectivity index (χ4v) is 8.51. The molecule has 1 nitrogen and oxygen atoms in total. The molecule has 0 aliphatic carbocycles. The third-order valence-electron chi connectivity index (χ3n) is 11.0. The summed E-state index contributed by atoms with van der Waals surface area (Å²) < 4.78 is 0. The summed E-state index contributed by atoms with van der Waals surface area (Å²) >= 11 is 0. The van der Waals surface area contributed by atoms with Crippen LogP contribution in [0.3, 0.4) is 0 Å². The molecule has 0 saturated heterocycles. The molecule has 0 atom stereocenters. The van der Waals surface area contributed by atoms with Crippen LogP contribution in [0.25, 0.3) is 77.2 Å². The molecule has 0 N–H and O–H groups in total. The van der Waals surface area contributed by atoms with Gasteiger partial charge in [0.2, 0.25) is 0 Å². The molecule has 0 aliphatic rings. The number of nitrogens with zero attached hydrogens (tertiary/aromatic N) is 1. The second-order valence-corrected chi connectivity index (χ2v) is 14.4. The second-order valence-electron chi connectivity index (χ2n) is 14.4. The van der Waals surface area contributed by atoms with E-state index in [9.17, 15) is 0 Å². The third kappa shape index (κ3) is 6.36. The highest BCUT2D eigenvalue weighted by Gasteiger charge is 2.25. The fourth-order valence-electron chi connectivity index (χ4n) is 8.51. The molecule has 0 bridgehead atoms. The highest BCUT2D eigenvalue weighted by Crippen LogP contribution is 2.53. The van der Waals surface area contributed by atoms with Gasteiger partial charge in [0.1, 0.15) is 0 Å². The molecule has 0 amide bonds. The minimum atomic E-state index is 1.12. The van der Waals surface area contributed by atoms with Crippen LogP contribution in [0.1, 0.15) is 0 Å². The maximum absolute atomic E-state index is 2.37. The Hall–Kier alpha value is -7.48. The lowest BCUT2D eigenvalue weighted by molar-refractivity contribution is 1.29. The molecule has 0 fully saturated rings. The lowest BCUT2D eigenvalue weighted by Gasteiger charge is -2.26. The largest absolute Gasteiger partial charge is 0.310 e. The summed E-state index contributed by atoms with van der Waals surface area (Å²) in [5.74, 6) is 0. The average molecular weight is 726 g/mol. The van der Waals surface area contributed by atoms with Crippen LogP contribution in [0, 0.1) is 0 Å². The summed E-state index contributed by atoms with van der Waals surface area (Å²) in [4.78, 5) is 2.32. The predicted molar refractivity (Wildman–Crippen MR) is 243 cm³/mol. The third-order valence-corrected chi connectivity index (χ3v) is 11.0. The number of fused-ring (bicyclic) bond motifs is 2. The molecular formula is C56H39N. The molecule has 0 saturated carbocycles. The predicted octanol–water partition coefficient (Wildman–Crippen LogP) is 15.8. The van der Waals surface area contributed by atoms with Gasteiger partial charge in [-0.25, -0.2) is 0 Å². The minimum Gasteiger partial charge on any atom is -0.310 e. The van der Waals surface area contributed by atoms with E-state index in [1.165, 1.54) is 77.2 Å². The molecule has 10 aromatic rings. The minimum absolute atomic E-state index is 1.12. The number of anilines is 3. The molecule has 0 aromatic heterocycles. The van der Waals surface area contributed by atoms with Crippen molar-refractivity contribution in [2.24, 2.45) is 0 Å². The first kappa shape index (κ1) is 34.0. The van der Waals surface area contributed by atoms with Crippen molar-refractivity contribution in [2.75, 3.05) is 4.90 Å². The van der Waals surface area contributed by atoms with Gasteiger partial charge < -0.3 is 4.90 Å². The maximum Gasteiger partial charge on any atom is 0.0468 e. The maximum atomic E-state index is 2.37. The highest BCUT2D eigenvalue weighted by molar-refractivity contribution is 6.22. The van der Waals surface area contributed by atoms with Gasteiger partial charge in [0.05, 0.1) is 0 Å². The molecule has 0 unspecified atom stereocenters. The topological polar surface area (TPSA) is 3.24 Å². The van der Waals surface area contributed by atoms with E-state index < -0.39 is 0 Å². The number of para-hydroxylation sites is 2. The number of hydrogen-bond acceptors (Lipinski definition) is 1. The van der Waals surface area contributed by atoms with Crippen LogP contribution in [0.15, 0.2) is 237 Å². The fraction of sp³-hybridized carbons (Fsp3) is 0. The number of benzene rings is 10. The smallest absolute Gasteiger partial charge is 0.0468 e. The molecule has 0 radical (unpaired) electrons. The zero-order chi connectivity index (χ0) is 38.0. The van der Waals surface area contributed by atoms with Crippen LogP contribution in [-0.4, -0.2) is 0 Å². The van der Waals surface area contributed by atoms with E-state index in [1.807, 2.05) is 0 Å². The van der Waals surface area contributed by atoms with Crippen molar-refractivity contribution in [1.82, 2.24) is 0 Å². The Kier molecular flexibility index (Phi) is 8.95. The summed E-state index contributed by atoms with van der Waals surface area (Å²) in [6.45, 7) is 0. The Bertz CT molecular complexity index is 2920. The zero-order valence-corrected chi connectivity index (χ0v) is 31.5. The summed E-state index contributed by atoms with van der Waals surface area (Å²) in [7, 11) is 0. The quantitative estimate of drug-likeness (QED) is 0.151. The van der Waals surface area contributed by atoms with E-state index in [-0.39, 0.29) is 0 Å². The Morgan fingerprint density at radius 3 is 1.19 bits per heavy atom. The Balaban J connectivity index is 1.26. The van der Waals surface area contributed by atoms with Crippen LogP contribution in [0.2, 0.25) is 0 Å². The van der Waals surface area contributed by atoms with Crippen molar-refractivity contribution in [2.45, 2.75) is 0 Å². The number of rotatable bonds is 8. The van der Waals surface area contributed by atoms with Gasteiger partial charge in [0.15, 0.2) is 0 Å². The van der Waals surface area contributed by atoms with Crippen molar-refractivity contribution >= 4 is 38.6 Å². The lowest BCUT2D eigenvalue weighted by atomic mass is 9.77. The van der Waals surface area contributed by atoms with Gasteiger partial charge in [-0.1, -0.05) is 194 Å². The van der Waals surface area contributed by atoms with Crippen molar-refractivity contribution in [3.8, 4) is 55.6 Å². The van der Waals surface area contributed by atoms with E-state index >= 15 is 0 Å². The SMILES string of the molecule is c1ccc(-c2c(-c3ccccc3)c(-c3ccccc3)c3c(-c4ccc5cc(N(c6ccccc6)c6ccccc6)ccc5c4)cccc3c2-c2ccccc2)cc1. The van der Waals surface area contributed by atoms with Gasteiger partial charge in [-0.05, 0) is 120 Å². The second kappa shape index (κ2) is 15.0. The van der Waals surface area contributed by atoms with Gasteiger partial charge in [-0.2, -0.15) is 0 Å². The first-order chi connectivity index (χ1) is 28.3. The standard InChI is InChI=1S/C56H39N/c1-7-20-40(21-8-1)52-51-33-19-32-50(46-35-34-45-39-49(37-36-44(45)38-46)57(47-28-15-5-16-29-47)48-30-17-6-18-31-48)56(51)55(43-26-13-4-14-27-43)54(42-24-11-3-12-25-42)53(52)41-22-9-2-10-23-41/h1-39H. The van der Waals surface area contributed by atoms with Gasteiger partial charge in [0.25, 0.3) is 0 Å². The Morgan fingerprint density at radius 1 is 0.246 bits per heavy atom. The summed E-state index contributed by atoms with van der Waals surface area (Å²) in [5.41, 5.74) is 15.5. The summed E-state index contributed by atoms with van der Waals surface area (Å²) in [6.07, 6.45) is 0. The molecule has 10 aromatic carbocycles. The first-order valence-electron chi connectivity index (χ1n) is 19.6.